The minimum atomic E-state index is -0.371. The number of halogens is 1. The Kier molecular flexibility index (Phi) is 5.64. The molecule has 1 heterocycles. The van der Waals surface area contributed by atoms with Crippen molar-refractivity contribution in [1.82, 2.24) is 14.8 Å². The van der Waals surface area contributed by atoms with Gasteiger partial charge < -0.3 is 9.88 Å². The van der Waals surface area contributed by atoms with Crippen molar-refractivity contribution in [2.45, 2.75) is 42.6 Å². The number of rotatable bonds is 7. The van der Waals surface area contributed by atoms with E-state index in [9.17, 15) is 4.79 Å². The molecule has 1 aromatic carbocycles. The quantitative estimate of drug-likeness (QED) is 0.573. The Bertz CT molecular complexity index is 884. The maximum Gasteiger partial charge on any atom is 0.237 e. The van der Waals surface area contributed by atoms with E-state index in [0.717, 1.165) is 18.7 Å². The molecule has 1 unspecified atom stereocenters. The number of nitrogens with one attached hydrogen (secondary N) is 1. The van der Waals surface area contributed by atoms with Crippen LogP contribution in [0.3, 0.4) is 0 Å². The molecule has 1 amide bonds. The van der Waals surface area contributed by atoms with Crippen LogP contribution < -0.4 is 5.32 Å². The summed E-state index contributed by atoms with van der Waals surface area (Å²) in [7, 11) is 0. The fraction of sp³-hybridized carbons (Fsp3) is 0.333. The Morgan fingerprint density at radius 3 is 2.96 bits per heavy atom. The second-order valence-corrected chi connectivity index (χ2v) is 7.79. The molecule has 1 fully saturated rings. The Morgan fingerprint density at radius 1 is 1.58 bits per heavy atom. The molecule has 1 aliphatic rings. The Labute approximate surface area is 161 Å². The summed E-state index contributed by atoms with van der Waals surface area (Å²) in [6.45, 7) is 6.23. The van der Waals surface area contributed by atoms with E-state index in [1.165, 1.54) is 11.8 Å². The third-order valence-electron chi connectivity index (χ3n) is 4.01. The van der Waals surface area contributed by atoms with E-state index in [1.807, 2.05) is 23.6 Å². The molecule has 0 bridgehead atoms. The zero-order chi connectivity index (χ0) is 18.7. The summed E-state index contributed by atoms with van der Waals surface area (Å²) in [4.78, 5) is 12.5. The lowest BCUT2D eigenvalue weighted by Crippen LogP contribution is -2.23. The first-order valence-electron chi connectivity index (χ1n) is 8.24. The van der Waals surface area contributed by atoms with Gasteiger partial charge >= 0.3 is 0 Å². The first-order chi connectivity index (χ1) is 12.5. The van der Waals surface area contributed by atoms with Gasteiger partial charge in [-0.25, -0.2) is 0 Å². The van der Waals surface area contributed by atoms with Crippen LogP contribution in [0.5, 0.6) is 0 Å². The number of hydrogen-bond acceptors (Lipinski definition) is 5. The molecule has 1 saturated carbocycles. The summed E-state index contributed by atoms with van der Waals surface area (Å²) in [6.07, 6.45) is 4.08. The number of aromatic nitrogens is 3. The predicted molar refractivity (Wildman–Crippen MR) is 102 cm³/mol. The molecule has 3 rings (SSSR count). The van der Waals surface area contributed by atoms with Gasteiger partial charge in [-0.15, -0.1) is 16.8 Å². The summed E-state index contributed by atoms with van der Waals surface area (Å²) in [5, 5.41) is 20.9. The largest absolute Gasteiger partial charge is 0.325 e. The average Bonchev–Trinajstić information content (AvgIpc) is 3.39. The fourth-order valence-electron chi connectivity index (χ4n) is 2.47. The molecule has 26 heavy (non-hydrogen) atoms. The molecule has 0 aliphatic heterocycles. The van der Waals surface area contributed by atoms with E-state index in [0.29, 0.717) is 33.9 Å². The summed E-state index contributed by atoms with van der Waals surface area (Å²) in [5.41, 5.74) is 0.926. The van der Waals surface area contributed by atoms with E-state index in [-0.39, 0.29) is 11.2 Å². The number of anilines is 1. The van der Waals surface area contributed by atoms with Crippen LogP contribution >= 0.6 is 23.4 Å². The number of carbonyl (C=O) groups is 1. The predicted octanol–water partition coefficient (Wildman–Crippen LogP) is 3.99. The van der Waals surface area contributed by atoms with E-state index in [4.69, 9.17) is 16.9 Å². The number of thioether (sulfide) groups is 1. The summed E-state index contributed by atoms with van der Waals surface area (Å²) >= 11 is 7.37. The molecule has 6 nitrogen and oxygen atoms in total. The monoisotopic (exact) mass is 387 g/mol. The molecule has 1 N–H and O–H groups in total. The van der Waals surface area contributed by atoms with Crippen molar-refractivity contribution in [3.8, 4) is 6.07 Å². The Hall–Kier alpha value is -2.30. The Balaban J connectivity index is 1.69. The van der Waals surface area contributed by atoms with Crippen molar-refractivity contribution in [2.24, 2.45) is 0 Å². The van der Waals surface area contributed by atoms with Gasteiger partial charge in [0.1, 0.15) is 11.9 Å². The smallest absolute Gasteiger partial charge is 0.237 e. The van der Waals surface area contributed by atoms with Gasteiger partial charge in [0, 0.05) is 18.2 Å². The van der Waals surface area contributed by atoms with Crippen LogP contribution in [-0.2, 0) is 11.3 Å². The first kappa shape index (κ1) is 18.5. The maximum absolute atomic E-state index is 12.5. The normalized spacial score (nSPS) is 14.5. The third kappa shape index (κ3) is 4.09. The second-order valence-electron chi connectivity index (χ2n) is 6.07. The van der Waals surface area contributed by atoms with E-state index >= 15 is 0 Å². The molecule has 0 saturated heterocycles. The number of carbonyl (C=O) groups excluding carboxylic acids is 1. The molecule has 1 aromatic heterocycles. The lowest BCUT2D eigenvalue weighted by atomic mass is 10.2. The van der Waals surface area contributed by atoms with Gasteiger partial charge in [0.05, 0.1) is 15.8 Å². The molecular formula is C18H18ClN5OS. The molecule has 0 radical (unpaired) electrons. The number of allylic oxidation sites excluding steroid dienone is 1. The maximum atomic E-state index is 12.5. The van der Waals surface area contributed by atoms with Crippen LogP contribution in [0.4, 0.5) is 5.69 Å². The number of nitriles is 1. The minimum absolute atomic E-state index is 0.170. The van der Waals surface area contributed by atoms with Crippen molar-refractivity contribution in [3.05, 3.63) is 47.3 Å². The number of hydrogen-bond donors (Lipinski definition) is 1. The Morgan fingerprint density at radius 2 is 2.35 bits per heavy atom. The van der Waals surface area contributed by atoms with Crippen molar-refractivity contribution in [2.75, 3.05) is 5.32 Å². The highest BCUT2D eigenvalue weighted by Gasteiger charge is 2.31. The van der Waals surface area contributed by atoms with E-state index in [1.54, 1.807) is 18.2 Å². The van der Waals surface area contributed by atoms with E-state index in [2.05, 4.69) is 22.1 Å². The zero-order valence-electron chi connectivity index (χ0n) is 14.3. The SMILES string of the molecule is C=CCn1c(SC(C)C(=O)Nc2ccc(C#N)c(Cl)c2)nnc1C1CC1. The lowest BCUT2D eigenvalue weighted by Gasteiger charge is -2.13. The fourth-order valence-corrected chi connectivity index (χ4v) is 3.56. The molecule has 134 valence electrons. The van der Waals surface area contributed by atoms with Gasteiger partial charge in [0.25, 0.3) is 0 Å². The van der Waals surface area contributed by atoms with Gasteiger partial charge in [0.2, 0.25) is 5.91 Å². The van der Waals surface area contributed by atoms with Gasteiger partial charge in [-0.1, -0.05) is 29.4 Å². The van der Waals surface area contributed by atoms with Crippen LogP contribution in [0, 0.1) is 11.3 Å². The molecular weight excluding hydrogens is 370 g/mol. The molecule has 2 aromatic rings. The zero-order valence-corrected chi connectivity index (χ0v) is 15.8. The van der Waals surface area contributed by atoms with Gasteiger partial charge in [0.15, 0.2) is 5.16 Å². The minimum Gasteiger partial charge on any atom is -0.325 e. The first-order valence-corrected chi connectivity index (χ1v) is 9.50. The summed E-state index contributed by atoms with van der Waals surface area (Å²) in [5.74, 6) is 1.28. The van der Waals surface area contributed by atoms with Gasteiger partial charge in [-0.05, 0) is 38.0 Å². The second kappa shape index (κ2) is 7.94. The highest BCUT2D eigenvalue weighted by molar-refractivity contribution is 8.00. The van der Waals surface area contributed by atoms with Crippen molar-refractivity contribution in [1.29, 1.82) is 5.26 Å². The van der Waals surface area contributed by atoms with Crippen LogP contribution in [-0.4, -0.2) is 25.9 Å². The topological polar surface area (TPSA) is 83.6 Å². The highest BCUT2D eigenvalue weighted by atomic mass is 35.5. The van der Waals surface area contributed by atoms with Crippen LogP contribution in [0.15, 0.2) is 36.0 Å². The highest BCUT2D eigenvalue weighted by Crippen LogP contribution is 2.40. The summed E-state index contributed by atoms with van der Waals surface area (Å²) in [6, 6.07) is 6.80. The van der Waals surface area contributed by atoms with Crippen LogP contribution in [0.2, 0.25) is 5.02 Å². The van der Waals surface area contributed by atoms with Crippen molar-refractivity contribution < 1.29 is 4.79 Å². The molecule has 1 atom stereocenters. The van der Waals surface area contributed by atoms with Gasteiger partial charge in [-0.3, -0.25) is 4.79 Å². The lowest BCUT2D eigenvalue weighted by molar-refractivity contribution is -0.115. The number of amides is 1. The third-order valence-corrected chi connectivity index (χ3v) is 5.40. The molecule has 1 aliphatic carbocycles. The number of benzene rings is 1. The van der Waals surface area contributed by atoms with Crippen molar-refractivity contribution >= 4 is 35.0 Å². The van der Waals surface area contributed by atoms with E-state index < -0.39 is 0 Å². The van der Waals surface area contributed by atoms with Crippen LogP contribution in [0.25, 0.3) is 0 Å². The van der Waals surface area contributed by atoms with Crippen molar-refractivity contribution in [3.63, 3.8) is 0 Å². The summed E-state index contributed by atoms with van der Waals surface area (Å²) < 4.78 is 2.03. The molecule has 8 heteroatoms. The number of nitrogens with zero attached hydrogens (tertiary/aromatic N) is 4. The standard InChI is InChI=1S/C18H18ClN5OS/c1-3-8-24-16(12-4-5-12)22-23-18(24)26-11(2)17(25)21-14-7-6-13(10-20)15(19)9-14/h3,6-7,9,11-12H,1,4-5,8H2,2H3,(H,21,25). The van der Waals surface area contributed by atoms with Crippen LogP contribution in [0.1, 0.15) is 37.1 Å². The average molecular weight is 388 g/mol. The molecule has 0 spiro atoms. The van der Waals surface area contributed by atoms with Gasteiger partial charge in [-0.2, -0.15) is 5.26 Å².